The zero-order valence-corrected chi connectivity index (χ0v) is 14.7. The minimum atomic E-state index is -0.786. The fourth-order valence-corrected chi connectivity index (χ4v) is 2.49. The average Bonchev–Trinajstić information content (AvgIpc) is 3.23. The maximum atomic E-state index is 12.7. The van der Waals surface area contributed by atoms with Gasteiger partial charge < -0.3 is 15.4 Å². The van der Waals surface area contributed by atoms with E-state index in [9.17, 15) is 9.59 Å². The fourth-order valence-electron chi connectivity index (χ4n) is 2.49. The number of aromatic nitrogens is 3. The van der Waals surface area contributed by atoms with Crippen molar-refractivity contribution in [3.63, 3.8) is 0 Å². The fraction of sp³-hybridized carbons (Fsp3) is 0.158. The molecule has 1 atom stereocenters. The molecule has 0 aliphatic heterocycles. The van der Waals surface area contributed by atoms with Crippen molar-refractivity contribution in [2.45, 2.75) is 12.5 Å². The van der Waals surface area contributed by atoms with Crippen LogP contribution in [0.1, 0.15) is 5.56 Å². The lowest BCUT2D eigenvalue weighted by atomic mass is 10.1. The molecule has 2 amide bonds. The first kappa shape index (κ1) is 18.1. The van der Waals surface area contributed by atoms with Crippen LogP contribution >= 0.6 is 0 Å². The zero-order chi connectivity index (χ0) is 19.1. The molecule has 0 bridgehead atoms. The molecule has 0 fully saturated rings. The number of hydrogen-bond donors (Lipinski definition) is 2. The lowest BCUT2D eigenvalue weighted by molar-refractivity contribution is -0.118. The highest BCUT2D eigenvalue weighted by Gasteiger charge is 2.22. The SMILES string of the molecule is COC(=O)NC(Cc1ccccc1)C(=O)Nc1ccc(-n2cccn2)nc1. The number of anilines is 1. The Balaban J connectivity index is 1.70. The molecule has 138 valence electrons. The van der Waals surface area contributed by atoms with E-state index in [-0.39, 0.29) is 5.91 Å². The molecule has 8 heteroatoms. The van der Waals surface area contributed by atoms with Gasteiger partial charge in [0.15, 0.2) is 5.82 Å². The normalized spacial score (nSPS) is 11.4. The minimum absolute atomic E-state index is 0.334. The van der Waals surface area contributed by atoms with E-state index in [1.54, 1.807) is 35.3 Å². The summed E-state index contributed by atoms with van der Waals surface area (Å²) in [6, 6.07) is 13.9. The average molecular weight is 365 g/mol. The van der Waals surface area contributed by atoms with Gasteiger partial charge in [0, 0.05) is 18.8 Å². The number of nitrogens with zero attached hydrogens (tertiary/aromatic N) is 3. The summed E-state index contributed by atoms with van der Waals surface area (Å²) in [7, 11) is 1.25. The first-order valence-electron chi connectivity index (χ1n) is 8.31. The van der Waals surface area contributed by atoms with Gasteiger partial charge in [-0.25, -0.2) is 14.5 Å². The molecule has 0 radical (unpaired) electrons. The topological polar surface area (TPSA) is 98.1 Å². The van der Waals surface area contributed by atoms with E-state index in [0.717, 1.165) is 5.56 Å². The Labute approximate surface area is 156 Å². The predicted molar refractivity (Wildman–Crippen MR) is 99.5 cm³/mol. The molecule has 0 saturated carbocycles. The summed E-state index contributed by atoms with van der Waals surface area (Å²) in [6.07, 6.45) is 4.63. The molecule has 3 aromatic rings. The van der Waals surface area contributed by atoms with Gasteiger partial charge in [0.2, 0.25) is 5.91 Å². The molecule has 0 aliphatic rings. The van der Waals surface area contributed by atoms with Gasteiger partial charge in [-0.1, -0.05) is 30.3 Å². The number of carbonyl (C=O) groups excluding carboxylic acids is 2. The van der Waals surface area contributed by atoms with Crippen molar-refractivity contribution >= 4 is 17.7 Å². The summed E-state index contributed by atoms with van der Waals surface area (Å²) in [5.41, 5.74) is 1.43. The van der Waals surface area contributed by atoms with E-state index in [2.05, 4.69) is 25.5 Å². The number of alkyl carbamates (subject to hydrolysis) is 1. The molecule has 0 saturated heterocycles. The van der Waals surface area contributed by atoms with Crippen molar-refractivity contribution in [3.05, 3.63) is 72.7 Å². The first-order chi connectivity index (χ1) is 13.2. The summed E-state index contributed by atoms with van der Waals surface area (Å²) in [6.45, 7) is 0. The number of pyridine rings is 1. The third kappa shape index (κ3) is 4.91. The number of carbonyl (C=O) groups is 2. The van der Waals surface area contributed by atoms with Crippen molar-refractivity contribution in [2.75, 3.05) is 12.4 Å². The van der Waals surface area contributed by atoms with Crippen LogP contribution in [0.25, 0.3) is 5.82 Å². The Morgan fingerprint density at radius 1 is 1.15 bits per heavy atom. The highest BCUT2D eigenvalue weighted by atomic mass is 16.5. The highest BCUT2D eigenvalue weighted by Crippen LogP contribution is 2.11. The number of hydrogen-bond acceptors (Lipinski definition) is 5. The van der Waals surface area contributed by atoms with Crippen LogP contribution in [-0.2, 0) is 16.0 Å². The molecule has 2 N–H and O–H groups in total. The Kier molecular flexibility index (Phi) is 5.78. The maximum Gasteiger partial charge on any atom is 0.407 e. The first-order valence-corrected chi connectivity index (χ1v) is 8.31. The van der Waals surface area contributed by atoms with Crippen molar-refractivity contribution in [1.82, 2.24) is 20.1 Å². The second-order valence-corrected chi connectivity index (χ2v) is 5.72. The molecule has 0 spiro atoms. The van der Waals surface area contributed by atoms with Gasteiger partial charge in [0.25, 0.3) is 0 Å². The van der Waals surface area contributed by atoms with Crippen LogP contribution in [0, 0.1) is 0 Å². The second kappa shape index (κ2) is 8.61. The highest BCUT2D eigenvalue weighted by molar-refractivity contribution is 5.96. The zero-order valence-electron chi connectivity index (χ0n) is 14.7. The third-order valence-corrected chi connectivity index (χ3v) is 3.83. The lowest BCUT2D eigenvalue weighted by Crippen LogP contribution is -2.45. The van der Waals surface area contributed by atoms with E-state index < -0.39 is 12.1 Å². The van der Waals surface area contributed by atoms with Crippen LogP contribution in [0.15, 0.2) is 67.1 Å². The Hall–Kier alpha value is -3.68. The minimum Gasteiger partial charge on any atom is -0.453 e. The van der Waals surface area contributed by atoms with Crippen molar-refractivity contribution in [2.24, 2.45) is 0 Å². The molecular weight excluding hydrogens is 346 g/mol. The number of ether oxygens (including phenoxy) is 1. The Morgan fingerprint density at radius 2 is 1.96 bits per heavy atom. The molecule has 2 aromatic heterocycles. The number of methoxy groups -OCH3 is 1. The van der Waals surface area contributed by atoms with E-state index in [1.807, 2.05) is 30.3 Å². The Bertz CT molecular complexity index is 879. The van der Waals surface area contributed by atoms with Crippen LogP contribution in [-0.4, -0.2) is 39.9 Å². The molecule has 2 heterocycles. The summed E-state index contributed by atoms with van der Waals surface area (Å²) in [5.74, 6) is 0.268. The standard InChI is InChI=1S/C19H19N5O3/c1-27-19(26)23-16(12-14-6-3-2-4-7-14)18(25)22-15-8-9-17(20-13-15)24-11-5-10-21-24/h2-11,13,16H,12H2,1H3,(H,22,25)(H,23,26). The smallest absolute Gasteiger partial charge is 0.407 e. The number of rotatable bonds is 6. The van der Waals surface area contributed by atoms with Crippen LogP contribution in [0.3, 0.4) is 0 Å². The van der Waals surface area contributed by atoms with Gasteiger partial charge in [-0.15, -0.1) is 0 Å². The lowest BCUT2D eigenvalue weighted by Gasteiger charge is -2.18. The molecule has 0 aliphatic carbocycles. The molecule has 1 unspecified atom stereocenters. The quantitative estimate of drug-likeness (QED) is 0.698. The van der Waals surface area contributed by atoms with Crippen molar-refractivity contribution in [1.29, 1.82) is 0 Å². The molecule has 3 rings (SSSR count). The van der Waals surface area contributed by atoms with E-state index in [1.165, 1.54) is 13.3 Å². The summed E-state index contributed by atoms with van der Waals surface area (Å²) >= 11 is 0. The molecule has 27 heavy (non-hydrogen) atoms. The largest absolute Gasteiger partial charge is 0.453 e. The van der Waals surface area contributed by atoms with Crippen molar-refractivity contribution < 1.29 is 14.3 Å². The van der Waals surface area contributed by atoms with E-state index >= 15 is 0 Å². The van der Waals surface area contributed by atoms with Crippen LogP contribution < -0.4 is 10.6 Å². The van der Waals surface area contributed by atoms with Gasteiger partial charge in [0.1, 0.15) is 6.04 Å². The van der Waals surface area contributed by atoms with Gasteiger partial charge in [-0.2, -0.15) is 5.10 Å². The van der Waals surface area contributed by atoms with E-state index in [0.29, 0.717) is 17.9 Å². The van der Waals surface area contributed by atoms with Gasteiger partial charge in [-0.05, 0) is 23.8 Å². The molecule has 8 nitrogen and oxygen atoms in total. The maximum absolute atomic E-state index is 12.7. The summed E-state index contributed by atoms with van der Waals surface area (Å²) < 4.78 is 6.24. The molecular formula is C19H19N5O3. The van der Waals surface area contributed by atoms with Gasteiger partial charge >= 0.3 is 6.09 Å². The monoisotopic (exact) mass is 365 g/mol. The summed E-state index contributed by atoms with van der Waals surface area (Å²) in [4.78, 5) is 28.5. The summed E-state index contributed by atoms with van der Waals surface area (Å²) in [5, 5.41) is 9.42. The van der Waals surface area contributed by atoms with Crippen LogP contribution in [0.5, 0.6) is 0 Å². The Morgan fingerprint density at radius 3 is 2.59 bits per heavy atom. The van der Waals surface area contributed by atoms with Crippen LogP contribution in [0.2, 0.25) is 0 Å². The van der Waals surface area contributed by atoms with Crippen LogP contribution in [0.4, 0.5) is 10.5 Å². The second-order valence-electron chi connectivity index (χ2n) is 5.72. The van der Waals surface area contributed by atoms with Gasteiger partial charge in [-0.3, -0.25) is 4.79 Å². The number of benzene rings is 1. The van der Waals surface area contributed by atoms with Gasteiger partial charge in [0.05, 0.1) is 19.0 Å². The predicted octanol–water partition coefficient (Wildman–Crippen LogP) is 2.17. The molecule has 1 aromatic carbocycles. The van der Waals surface area contributed by atoms with E-state index in [4.69, 9.17) is 0 Å². The number of amides is 2. The van der Waals surface area contributed by atoms with Crippen molar-refractivity contribution in [3.8, 4) is 5.82 Å². The number of nitrogens with one attached hydrogen (secondary N) is 2. The third-order valence-electron chi connectivity index (χ3n) is 3.83.